The van der Waals surface area contributed by atoms with E-state index in [0.29, 0.717) is 96.1 Å². The van der Waals surface area contributed by atoms with Crippen molar-refractivity contribution in [1.29, 1.82) is 0 Å². The smallest absolute Gasteiger partial charge is 0.319 e. The number of nitrogens with zero attached hydrogens (tertiary/aromatic N) is 9. The van der Waals surface area contributed by atoms with Crippen molar-refractivity contribution in [2.45, 2.75) is 68.2 Å². The number of fused-ring (bicyclic) bond motifs is 6. The molecular formula is C56H58ClF2N11O7. The number of piperazine rings is 2. The molecule has 0 aliphatic carbocycles. The molecule has 7 aromatic rings. The number of nitrogens with one attached hydrogen (secondary N) is 2. The molecule has 2 bridgehead atoms. The number of aliphatic hydroxyl groups is 1. The highest BCUT2D eigenvalue weighted by molar-refractivity contribution is 6.33. The monoisotopic (exact) mass is 1070 g/mol. The molecule has 21 heteroatoms. The summed E-state index contributed by atoms with van der Waals surface area (Å²) in [4.78, 5) is 36.2. The summed E-state index contributed by atoms with van der Waals surface area (Å²) in [5.41, 5.74) is 2.59. The number of rotatable bonds is 14. The standard InChI is InChI=1S/C56H58ClF2N11O7/c1-2-38-42(58)10-5-32-23-36(71)24-39(46(32)38)49-47(59)50-40(26-60-49)54(70-27-33-6-7-34(28-70)61-33)66-55(64-50)74-22-20-68-15-17-69(18-16-68)35-11-13-67(14-12-35)19-21-73-37-8-3-31(4-9-37)48-41(57)25-43-53(63-48)65-56(62-43)77-45-30-76-51-44(72)29-75-52(45)51/h1,3-5,8-10,23-26,33-35,44-45,51-52,61,71-72H,6-7,11-22,27-30H2,(H,62,63,65)/t33?,34?,44-,45-,51-,52-/m1/s1. The summed E-state index contributed by atoms with van der Waals surface area (Å²) in [6, 6.07) is 16.6. The van der Waals surface area contributed by atoms with Crippen molar-refractivity contribution in [2.75, 3.05) is 96.8 Å². The second kappa shape index (κ2) is 21.0. The van der Waals surface area contributed by atoms with E-state index in [1.807, 2.05) is 24.3 Å². The summed E-state index contributed by atoms with van der Waals surface area (Å²) < 4.78 is 61.9. The predicted octanol–water partition coefficient (Wildman–Crippen LogP) is 5.79. The van der Waals surface area contributed by atoms with Crippen molar-refractivity contribution in [3.05, 3.63) is 83.0 Å². The van der Waals surface area contributed by atoms with Gasteiger partial charge < -0.3 is 49.1 Å². The number of H-pyrrole nitrogens is 1. The fourth-order valence-corrected chi connectivity index (χ4v) is 12.5. The van der Waals surface area contributed by atoms with Crippen LogP contribution in [0.25, 0.3) is 55.4 Å². The fraction of sp³-hybridized carbons (Fsp3) is 0.446. The van der Waals surface area contributed by atoms with Crippen molar-refractivity contribution in [2.24, 2.45) is 0 Å². The fourth-order valence-electron chi connectivity index (χ4n) is 12.2. The summed E-state index contributed by atoms with van der Waals surface area (Å²) in [6.45, 7) is 10.1. The number of hydrogen-bond acceptors (Lipinski definition) is 17. The third kappa shape index (κ3) is 9.93. The molecule has 6 aliphatic heterocycles. The molecule has 6 fully saturated rings. The first-order valence-corrected chi connectivity index (χ1v) is 27.0. The first-order valence-electron chi connectivity index (χ1n) is 26.6. The number of aliphatic hydroxyl groups excluding tert-OH is 1. The molecule has 0 saturated carbocycles. The molecule has 400 valence electrons. The number of ether oxygens (including phenoxy) is 5. The Balaban J connectivity index is 0.588. The Morgan fingerprint density at radius 1 is 0.818 bits per heavy atom. The lowest BCUT2D eigenvalue weighted by Crippen LogP contribution is -2.53. The summed E-state index contributed by atoms with van der Waals surface area (Å²) in [5, 5.41) is 26.1. The molecule has 0 amide bonds. The van der Waals surface area contributed by atoms with Crippen LogP contribution >= 0.6 is 11.6 Å². The number of hydrogen-bond donors (Lipinski definition) is 4. The van der Waals surface area contributed by atoms with Gasteiger partial charge in [0.2, 0.25) is 0 Å². The maximum absolute atomic E-state index is 17.0. The van der Waals surface area contributed by atoms with Crippen LogP contribution in [0.1, 0.15) is 31.2 Å². The van der Waals surface area contributed by atoms with Gasteiger partial charge in [0.15, 0.2) is 17.6 Å². The second-order valence-electron chi connectivity index (χ2n) is 20.9. The number of phenols is 1. The molecule has 0 spiro atoms. The molecule has 6 saturated heterocycles. The lowest BCUT2D eigenvalue weighted by atomic mass is 9.96. The molecule has 4 aromatic heterocycles. The highest BCUT2D eigenvalue weighted by atomic mass is 35.5. The number of benzene rings is 3. The number of phenolic OH excluding ortho intramolecular Hbond substituents is 1. The molecule has 4 N–H and O–H groups in total. The number of pyridine rings is 2. The molecule has 10 heterocycles. The van der Waals surface area contributed by atoms with Gasteiger partial charge in [-0.2, -0.15) is 15.0 Å². The van der Waals surface area contributed by atoms with E-state index in [-0.39, 0.29) is 58.2 Å². The Kier molecular flexibility index (Phi) is 13.6. The molecule has 6 aliphatic rings. The van der Waals surface area contributed by atoms with Gasteiger partial charge >= 0.3 is 6.01 Å². The van der Waals surface area contributed by atoms with Crippen molar-refractivity contribution >= 4 is 50.3 Å². The number of piperidine rings is 1. The van der Waals surface area contributed by atoms with Crippen LogP contribution < -0.4 is 24.4 Å². The van der Waals surface area contributed by atoms with E-state index in [0.717, 1.165) is 82.8 Å². The number of anilines is 1. The minimum atomic E-state index is -0.739. The molecule has 6 atom stereocenters. The number of aromatic amines is 1. The molecule has 3 aromatic carbocycles. The predicted molar refractivity (Wildman–Crippen MR) is 285 cm³/mol. The Hall–Kier alpha value is -6.54. The molecule has 2 unspecified atom stereocenters. The highest BCUT2D eigenvalue weighted by Crippen LogP contribution is 2.40. The zero-order chi connectivity index (χ0) is 52.3. The Bertz CT molecular complexity index is 3380. The zero-order valence-electron chi connectivity index (χ0n) is 42.2. The van der Waals surface area contributed by atoms with Gasteiger partial charge in [-0.1, -0.05) is 23.6 Å². The zero-order valence-corrected chi connectivity index (χ0v) is 43.0. The van der Waals surface area contributed by atoms with Gasteiger partial charge in [-0.05, 0) is 92.7 Å². The molecule has 13 rings (SSSR count). The van der Waals surface area contributed by atoms with Crippen LogP contribution in [0.5, 0.6) is 23.5 Å². The van der Waals surface area contributed by atoms with Crippen LogP contribution in [-0.2, 0) is 9.47 Å². The highest BCUT2D eigenvalue weighted by Gasteiger charge is 2.49. The van der Waals surface area contributed by atoms with Crippen molar-refractivity contribution in [1.82, 2.24) is 49.9 Å². The van der Waals surface area contributed by atoms with E-state index in [1.165, 1.54) is 24.3 Å². The van der Waals surface area contributed by atoms with E-state index in [2.05, 4.69) is 50.8 Å². The Labute approximate surface area is 447 Å². The average molecular weight is 1070 g/mol. The van der Waals surface area contributed by atoms with E-state index in [4.69, 9.17) is 51.7 Å². The van der Waals surface area contributed by atoms with Crippen molar-refractivity contribution < 1.29 is 42.7 Å². The summed E-state index contributed by atoms with van der Waals surface area (Å²) in [6.07, 6.45) is 9.80. The number of imidazole rings is 1. The summed E-state index contributed by atoms with van der Waals surface area (Å²) >= 11 is 6.71. The number of terminal acetylenes is 1. The third-order valence-corrected chi connectivity index (χ3v) is 16.5. The first kappa shape index (κ1) is 50.0. The van der Waals surface area contributed by atoms with Crippen LogP contribution in [0.4, 0.5) is 14.6 Å². The topological polar surface area (TPSA) is 192 Å². The van der Waals surface area contributed by atoms with Crippen molar-refractivity contribution in [3.63, 3.8) is 0 Å². The van der Waals surface area contributed by atoms with E-state index in [1.54, 1.807) is 12.3 Å². The van der Waals surface area contributed by atoms with Gasteiger partial charge in [0, 0.05) is 93.2 Å². The second-order valence-corrected chi connectivity index (χ2v) is 21.3. The Morgan fingerprint density at radius 3 is 2.35 bits per heavy atom. The van der Waals surface area contributed by atoms with Crippen molar-refractivity contribution in [3.8, 4) is 58.4 Å². The summed E-state index contributed by atoms with van der Waals surface area (Å²) in [5.74, 6) is 2.23. The number of likely N-dealkylation sites (tertiary alicyclic amines) is 1. The number of halogens is 3. The van der Waals surface area contributed by atoms with Crippen LogP contribution in [-0.4, -0.2) is 189 Å². The number of aromatic hydroxyl groups is 1. The summed E-state index contributed by atoms with van der Waals surface area (Å²) in [7, 11) is 0. The molecule has 0 radical (unpaired) electrons. The normalized spacial score (nSPS) is 24.3. The lowest BCUT2D eigenvalue weighted by molar-refractivity contribution is 0.00706. The van der Waals surface area contributed by atoms with E-state index >= 15 is 8.78 Å². The molecule has 77 heavy (non-hydrogen) atoms. The third-order valence-electron chi connectivity index (χ3n) is 16.2. The van der Waals surface area contributed by atoms with Gasteiger partial charge in [-0.15, -0.1) is 6.42 Å². The van der Waals surface area contributed by atoms with E-state index < -0.39 is 29.9 Å². The van der Waals surface area contributed by atoms with E-state index in [9.17, 15) is 10.2 Å². The van der Waals surface area contributed by atoms with Gasteiger partial charge in [0.1, 0.15) is 65.9 Å². The lowest BCUT2D eigenvalue weighted by Gasteiger charge is -2.42. The SMILES string of the molecule is C#Cc1c(F)ccc2cc(O)cc(-c3ncc4c(N5CC6CCC(C5)N6)nc(OCCN5CCN(C6CCN(CCOc7ccc(-c8nc9nc(O[C@@H]%10CO[C@H]%11[C@@H]%10OC[C@H]%11O)[nH]c9cc8Cl)cc7)CC6)CC5)nc4c3F)c12. The largest absolute Gasteiger partial charge is 0.508 e. The maximum Gasteiger partial charge on any atom is 0.319 e. The molecular weight excluding hydrogens is 1010 g/mol. The first-order chi connectivity index (χ1) is 37.6. The minimum Gasteiger partial charge on any atom is -0.508 e. The van der Waals surface area contributed by atoms with Crippen LogP contribution in [0.3, 0.4) is 0 Å². The maximum atomic E-state index is 17.0. The van der Waals surface area contributed by atoms with Crippen LogP contribution in [0, 0.1) is 24.0 Å². The van der Waals surface area contributed by atoms with Gasteiger partial charge in [0.25, 0.3) is 6.01 Å². The van der Waals surface area contributed by atoms with Crippen LogP contribution in [0.15, 0.2) is 60.8 Å². The van der Waals surface area contributed by atoms with Gasteiger partial charge in [-0.25, -0.2) is 13.8 Å². The quantitative estimate of drug-likeness (QED) is 0.0957. The van der Waals surface area contributed by atoms with Crippen LogP contribution in [0.2, 0.25) is 5.02 Å². The average Bonchev–Trinajstić information content (AvgIpc) is 4.25. The molecule has 18 nitrogen and oxygen atoms in total. The number of aromatic nitrogens is 6. The minimum absolute atomic E-state index is 0.0269. The van der Waals surface area contributed by atoms with Gasteiger partial charge in [-0.3, -0.25) is 19.7 Å². The Morgan fingerprint density at radius 2 is 1.57 bits per heavy atom. The van der Waals surface area contributed by atoms with Gasteiger partial charge in [0.05, 0.1) is 40.4 Å².